The maximum Gasteiger partial charge on any atom is 0.237 e. The summed E-state index contributed by atoms with van der Waals surface area (Å²) in [7, 11) is 0. The van der Waals surface area contributed by atoms with Gasteiger partial charge in [0.2, 0.25) is 5.91 Å². The molecule has 160 valence electrons. The number of thioether (sulfide) groups is 1. The summed E-state index contributed by atoms with van der Waals surface area (Å²) in [6.45, 7) is 2.84. The Morgan fingerprint density at radius 3 is 2.50 bits per heavy atom. The molecule has 0 fully saturated rings. The quantitative estimate of drug-likeness (QED) is 0.300. The van der Waals surface area contributed by atoms with Crippen LogP contribution >= 0.6 is 27.7 Å². The molecule has 2 heterocycles. The highest BCUT2D eigenvalue weighted by molar-refractivity contribution is 9.10. The van der Waals surface area contributed by atoms with Crippen LogP contribution < -0.4 is 4.90 Å². The zero-order chi connectivity index (χ0) is 22.1. The second kappa shape index (κ2) is 8.96. The Morgan fingerprint density at radius 1 is 1.00 bits per heavy atom. The van der Waals surface area contributed by atoms with E-state index >= 15 is 0 Å². The average Bonchev–Trinajstić information content (AvgIpc) is 3.43. The van der Waals surface area contributed by atoms with Crippen molar-refractivity contribution in [2.24, 2.45) is 0 Å². The SMILES string of the molecule is Cc1ccccc1-n1c(-c2ccc(Br)cc2)cnc1SCC(=O)N1CCc2ccccc21. The Kier molecular flexibility index (Phi) is 5.89. The molecule has 0 atom stereocenters. The second-order valence-corrected chi connectivity index (χ2v) is 9.63. The molecule has 0 aliphatic carbocycles. The number of aromatic nitrogens is 2. The van der Waals surface area contributed by atoms with Crippen molar-refractivity contribution in [3.05, 3.63) is 94.6 Å². The van der Waals surface area contributed by atoms with Gasteiger partial charge in [-0.15, -0.1) is 0 Å². The van der Waals surface area contributed by atoms with Gasteiger partial charge in [0, 0.05) is 22.3 Å². The number of hydrogen-bond acceptors (Lipinski definition) is 3. The van der Waals surface area contributed by atoms with Crippen molar-refractivity contribution in [1.29, 1.82) is 0 Å². The molecule has 32 heavy (non-hydrogen) atoms. The van der Waals surface area contributed by atoms with Crippen LogP contribution in [-0.2, 0) is 11.2 Å². The van der Waals surface area contributed by atoms with Crippen LogP contribution in [0.5, 0.6) is 0 Å². The summed E-state index contributed by atoms with van der Waals surface area (Å²) in [5.74, 6) is 0.460. The molecule has 1 aliphatic heterocycles. The van der Waals surface area contributed by atoms with Crippen LogP contribution in [0.2, 0.25) is 0 Å². The molecule has 4 aromatic rings. The van der Waals surface area contributed by atoms with E-state index in [4.69, 9.17) is 4.98 Å². The molecule has 0 bridgehead atoms. The Balaban J connectivity index is 1.46. The van der Waals surface area contributed by atoms with E-state index in [9.17, 15) is 4.79 Å². The third-order valence-corrected chi connectivity index (χ3v) is 7.20. The molecular formula is C26H22BrN3OS. The molecule has 1 amide bonds. The third kappa shape index (κ3) is 4.00. The number of aryl methyl sites for hydroxylation is 1. The maximum absolute atomic E-state index is 13.1. The van der Waals surface area contributed by atoms with Crippen molar-refractivity contribution in [2.45, 2.75) is 18.5 Å². The zero-order valence-electron chi connectivity index (χ0n) is 17.7. The first-order valence-electron chi connectivity index (χ1n) is 10.5. The number of hydrogen-bond donors (Lipinski definition) is 0. The molecule has 4 nitrogen and oxygen atoms in total. The summed E-state index contributed by atoms with van der Waals surface area (Å²) in [6, 6.07) is 24.7. The molecule has 3 aromatic carbocycles. The molecule has 0 N–H and O–H groups in total. The van der Waals surface area contributed by atoms with E-state index in [1.807, 2.05) is 53.6 Å². The summed E-state index contributed by atoms with van der Waals surface area (Å²) < 4.78 is 3.20. The van der Waals surface area contributed by atoms with Gasteiger partial charge in [-0.2, -0.15) is 0 Å². The minimum absolute atomic E-state index is 0.115. The largest absolute Gasteiger partial charge is 0.311 e. The number of carbonyl (C=O) groups is 1. The van der Waals surface area contributed by atoms with E-state index in [0.717, 1.165) is 50.8 Å². The van der Waals surface area contributed by atoms with Crippen molar-refractivity contribution in [3.63, 3.8) is 0 Å². The number of anilines is 1. The number of nitrogens with zero attached hydrogens (tertiary/aromatic N) is 3. The molecule has 0 unspecified atom stereocenters. The van der Waals surface area contributed by atoms with Crippen LogP contribution in [0.4, 0.5) is 5.69 Å². The number of amides is 1. The maximum atomic E-state index is 13.1. The fourth-order valence-electron chi connectivity index (χ4n) is 4.11. The number of carbonyl (C=O) groups excluding carboxylic acids is 1. The van der Waals surface area contributed by atoms with E-state index in [0.29, 0.717) is 5.75 Å². The van der Waals surface area contributed by atoms with Gasteiger partial charge < -0.3 is 4.90 Å². The first kappa shape index (κ1) is 21.0. The lowest BCUT2D eigenvalue weighted by Crippen LogP contribution is -2.30. The molecule has 1 aromatic heterocycles. The lowest BCUT2D eigenvalue weighted by Gasteiger charge is -2.18. The molecule has 0 radical (unpaired) electrons. The summed E-state index contributed by atoms with van der Waals surface area (Å²) >= 11 is 5.00. The van der Waals surface area contributed by atoms with E-state index in [2.05, 4.69) is 57.8 Å². The van der Waals surface area contributed by atoms with Gasteiger partial charge in [-0.25, -0.2) is 4.98 Å². The second-order valence-electron chi connectivity index (χ2n) is 7.77. The van der Waals surface area contributed by atoms with Crippen LogP contribution in [0.25, 0.3) is 16.9 Å². The van der Waals surface area contributed by atoms with Crippen molar-refractivity contribution < 1.29 is 4.79 Å². The highest BCUT2D eigenvalue weighted by Gasteiger charge is 2.25. The van der Waals surface area contributed by atoms with Crippen LogP contribution in [0.15, 0.2) is 88.6 Å². The first-order valence-corrected chi connectivity index (χ1v) is 12.3. The number of halogens is 1. The van der Waals surface area contributed by atoms with E-state index in [-0.39, 0.29) is 5.91 Å². The third-order valence-electron chi connectivity index (χ3n) is 5.74. The zero-order valence-corrected chi connectivity index (χ0v) is 20.1. The first-order chi connectivity index (χ1) is 15.6. The Bertz CT molecular complexity index is 1280. The van der Waals surface area contributed by atoms with E-state index in [1.165, 1.54) is 17.3 Å². The number of rotatable bonds is 5. The Morgan fingerprint density at radius 2 is 1.72 bits per heavy atom. The van der Waals surface area contributed by atoms with Crippen LogP contribution in [0.3, 0.4) is 0 Å². The minimum Gasteiger partial charge on any atom is -0.311 e. The number of benzene rings is 3. The van der Waals surface area contributed by atoms with Crippen LogP contribution in [-0.4, -0.2) is 27.8 Å². The van der Waals surface area contributed by atoms with Crippen molar-refractivity contribution in [2.75, 3.05) is 17.2 Å². The van der Waals surface area contributed by atoms with Gasteiger partial charge in [-0.3, -0.25) is 9.36 Å². The van der Waals surface area contributed by atoms with Crippen LogP contribution in [0.1, 0.15) is 11.1 Å². The highest BCUT2D eigenvalue weighted by Crippen LogP contribution is 2.33. The topological polar surface area (TPSA) is 38.1 Å². The number of imidazole rings is 1. The monoisotopic (exact) mass is 503 g/mol. The predicted octanol–water partition coefficient (Wildman–Crippen LogP) is 6.29. The van der Waals surface area contributed by atoms with Gasteiger partial charge in [0.05, 0.1) is 23.3 Å². The van der Waals surface area contributed by atoms with Gasteiger partial charge in [-0.1, -0.05) is 76.2 Å². The van der Waals surface area contributed by atoms with E-state index < -0.39 is 0 Å². The molecular weight excluding hydrogens is 482 g/mol. The summed E-state index contributed by atoms with van der Waals surface area (Å²) in [5, 5.41) is 0.818. The molecule has 0 spiro atoms. The fraction of sp³-hybridized carbons (Fsp3) is 0.154. The molecule has 5 rings (SSSR count). The summed E-state index contributed by atoms with van der Waals surface area (Å²) in [4.78, 5) is 19.7. The summed E-state index contributed by atoms with van der Waals surface area (Å²) in [6.07, 6.45) is 2.81. The standard InChI is InChI=1S/C26H22BrN3OS/c1-18-6-2-4-8-22(18)30-24(20-10-12-21(27)13-11-20)16-28-26(30)32-17-25(31)29-15-14-19-7-3-5-9-23(19)29/h2-13,16H,14-15,17H2,1H3. The van der Waals surface area contributed by atoms with Crippen molar-refractivity contribution >= 4 is 39.3 Å². The highest BCUT2D eigenvalue weighted by atomic mass is 79.9. The number of fused-ring (bicyclic) bond motifs is 1. The van der Waals surface area contributed by atoms with Gasteiger partial charge in [0.1, 0.15) is 0 Å². The average molecular weight is 504 g/mol. The molecule has 6 heteroatoms. The van der Waals surface area contributed by atoms with Gasteiger partial charge in [0.25, 0.3) is 0 Å². The predicted molar refractivity (Wildman–Crippen MR) is 135 cm³/mol. The van der Waals surface area contributed by atoms with Gasteiger partial charge in [0.15, 0.2) is 5.16 Å². The lowest BCUT2D eigenvalue weighted by molar-refractivity contribution is -0.116. The molecule has 1 aliphatic rings. The van der Waals surface area contributed by atoms with Gasteiger partial charge in [-0.05, 0) is 48.7 Å². The minimum atomic E-state index is 0.115. The van der Waals surface area contributed by atoms with Crippen molar-refractivity contribution in [1.82, 2.24) is 9.55 Å². The molecule has 0 saturated carbocycles. The number of para-hydroxylation sites is 2. The Hall–Kier alpha value is -2.83. The van der Waals surface area contributed by atoms with Gasteiger partial charge >= 0.3 is 0 Å². The summed E-state index contributed by atoms with van der Waals surface area (Å²) in [5.41, 5.74) is 6.60. The normalized spacial score (nSPS) is 12.8. The smallest absolute Gasteiger partial charge is 0.237 e. The van der Waals surface area contributed by atoms with Crippen LogP contribution in [0, 0.1) is 6.92 Å². The van der Waals surface area contributed by atoms with Crippen molar-refractivity contribution in [3.8, 4) is 16.9 Å². The molecule has 0 saturated heterocycles. The fourth-order valence-corrected chi connectivity index (χ4v) is 5.24. The lowest BCUT2D eigenvalue weighted by atomic mass is 10.1. The van der Waals surface area contributed by atoms with E-state index in [1.54, 1.807) is 0 Å². The Labute approximate surface area is 200 Å².